The molecule has 1 aromatic heterocycles. The summed E-state index contributed by atoms with van der Waals surface area (Å²) in [5.41, 5.74) is 6.01. The minimum absolute atomic E-state index is 0.0304. The molecule has 34 heavy (non-hydrogen) atoms. The van der Waals surface area contributed by atoms with Crippen LogP contribution < -0.4 is 10.2 Å². The number of rotatable bonds is 5. The number of halogens is 1. The Morgan fingerprint density at radius 2 is 1.79 bits per heavy atom. The summed E-state index contributed by atoms with van der Waals surface area (Å²) < 4.78 is 16.0. The van der Waals surface area contributed by atoms with Gasteiger partial charge < -0.3 is 14.8 Å². The number of imidazole rings is 1. The first-order valence-corrected chi connectivity index (χ1v) is 11.8. The maximum Gasteiger partial charge on any atom is 0.227 e. The fourth-order valence-corrected chi connectivity index (χ4v) is 4.74. The van der Waals surface area contributed by atoms with Gasteiger partial charge in [0.25, 0.3) is 0 Å². The Balaban J connectivity index is 1.33. The van der Waals surface area contributed by atoms with Crippen molar-refractivity contribution in [1.82, 2.24) is 9.55 Å². The summed E-state index contributed by atoms with van der Waals surface area (Å²) in [7, 11) is 0. The number of nitrogens with zero attached hydrogens (tertiary/aromatic N) is 3. The maximum atomic E-state index is 13.8. The van der Waals surface area contributed by atoms with Gasteiger partial charge in [0, 0.05) is 24.7 Å². The molecule has 5 nitrogen and oxygen atoms in total. The summed E-state index contributed by atoms with van der Waals surface area (Å²) in [6.45, 7) is 6.13. The van der Waals surface area contributed by atoms with Crippen molar-refractivity contribution < 1.29 is 9.18 Å². The van der Waals surface area contributed by atoms with E-state index in [9.17, 15) is 9.18 Å². The first-order valence-electron chi connectivity index (χ1n) is 11.8. The highest BCUT2D eigenvalue weighted by Gasteiger charge is 2.28. The number of carbonyl (C=O) groups is 1. The Kier molecular flexibility index (Phi) is 6.05. The molecule has 0 spiro atoms. The van der Waals surface area contributed by atoms with E-state index in [0.29, 0.717) is 6.54 Å². The summed E-state index contributed by atoms with van der Waals surface area (Å²) in [5, 5.41) is 3.13. The van der Waals surface area contributed by atoms with E-state index >= 15 is 0 Å². The zero-order valence-electron chi connectivity index (χ0n) is 19.6. The molecule has 5 rings (SSSR count). The van der Waals surface area contributed by atoms with Crippen LogP contribution in [0.3, 0.4) is 0 Å². The molecule has 6 heteroatoms. The van der Waals surface area contributed by atoms with Crippen LogP contribution in [0.15, 0.2) is 66.7 Å². The Labute approximate surface area is 199 Å². The van der Waals surface area contributed by atoms with E-state index in [4.69, 9.17) is 4.98 Å². The van der Waals surface area contributed by atoms with E-state index in [1.54, 1.807) is 12.1 Å². The molecule has 4 aromatic rings. The smallest absolute Gasteiger partial charge is 0.227 e. The number of aromatic nitrogens is 2. The highest BCUT2D eigenvalue weighted by molar-refractivity contribution is 5.93. The van der Waals surface area contributed by atoms with Gasteiger partial charge in [-0.2, -0.15) is 0 Å². The summed E-state index contributed by atoms with van der Waals surface area (Å²) in [6, 6.07) is 20.7. The molecule has 1 aliphatic heterocycles. The van der Waals surface area contributed by atoms with Crippen LogP contribution in [0.1, 0.15) is 29.5 Å². The fraction of sp³-hybridized carbons (Fsp3) is 0.286. The van der Waals surface area contributed by atoms with Crippen molar-refractivity contribution in [3.05, 3.63) is 89.2 Å². The number of fused-ring (bicyclic) bond motifs is 1. The van der Waals surface area contributed by atoms with E-state index in [2.05, 4.69) is 33.8 Å². The molecule has 1 amide bonds. The van der Waals surface area contributed by atoms with Gasteiger partial charge >= 0.3 is 0 Å². The van der Waals surface area contributed by atoms with Gasteiger partial charge in [-0.1, -0.05) is 36.4 Å². The minimum atomic E-state index is -0.237. The predicted octanol–water partition coefficient (Wildman–Crippen LogP) is 5.70. The molecule has 1 aliphatic rings. The van der Waals surface area contributed by atoms with Crippen LogP contribution in [-0.2, 0) is 11.3 Å². The van der Waals surface area contributed by atoms with Crippen LogP contribution >= 0.6 is 0 Å². The lowest BCUT2D eigenvalue weighted by atomic mass is 9.95. The van der Waals surface area contributed by atoms with E-state index < -0.39 is 0 Å². The van der Waals surface area contributed by atoms with Crippen LogP contribution in [0.4, 0.5) is 16.0 Å². The van der Waals surface area contributed by atoms with Gasteiger partial charge in [0.05, 0.1) is 17.6 Å². The molecule has 1 N–H and O–H groups in total. The number of benzene rings is 3. The molecular weight excluding hydrogens is 427 g/mol. The number of para-hydroxylation sites is 2. The molecule has 0 unspecified atom stereocenters. The zero-order valence-corrected chi connectivity index (χ0v) is 19.6. The number of carbonyl (C=O) groups excluding carboxylic acids is 1. The van der Waals surface area contributed by atoms with Gasteiger partial charge in [-0.05, 0) is 73.7 Å². The van der Waals surface area contributed by atoms with Crippen molar-refractivity contribution >= 4 is 28.6 Å². The Morgan fingerprint density at radius 3 is 2.59 bits per heavy atom. The normalized spacial score (nSPS) is 14.5. The summed E-state index contributed by atoms with van der Waals surface area (Å²) in [4.78, 5) is 20.1. The molecule has 0 aliphatic carbocycles. The third-order valence-corrected chi connectivity index (χ3v) is 6.88. The Hall–Kier alpha value is -3.67. The van der Waals surface area contributed by atoms with E-state index in [1.807, 2.05) is 43.3 Å². The van der Waals surface area contributed by atoms with Crippen LogP contribution in [-0.4, -0.2) is 28.5 Å². The summed E-state index contributed by atoms with van der Waals surface area (Å²) in [5.74, 6) is 0.691. The standard InChI is InChI=1S/C28H29FN4O/c1-19-7-5-11-24(20(19)2)30-27(34)22-13-15-32(16-14-22)28-31-25-10-3-4-12-26(25)33(28)18-21-8-6-9-23(29)17-21/h3-12,17,22H,13-16,18H2,1-2H3,(H,30,34). The topological polar surface area (TPSA) is 50.2 Å². The maximum absolute atomic E-state index is 13.8. The second kappa shape index (κ2) is 9.29. The minimum Gasteiger partial charge on any atom is -0.342 e. The fourth-order valence-electron chi connectivity index (χ4n) is 4.74. The monoisotopic (exact) mass is 456 g/mol. The van der Waals surface area contributed by atoms with Crippen molar-refractivity contribution in [3.8, 4) is 0 Å². The lowest BCUT2D eigenvalue weighted by Crippen LogP contribution is -2.39. The first-order chi connectivity index (χ1) is 16.5. The Morgan fingerprint density at radius 1 is 1.03 bits per heavy atom. The second-order valence-electron chi connectivity index (χ2n) is 9.11. The number of piperidine rings is 1. The third kappa shape index (κ3) is 4.40. The third-order valence-electron chi connectivity index (χ3n) is 6.88. The Bertz CT molecular complexity index is 1340. The molecular formula is C28H29FN4O. The quantitative estimate of drug-likeness (QED) is 0.419. The highest BCUT2D eigenvalue weighted by Crippen LogP contribution is 2.29. The molecule has 2 heterocycles. The molecule has 174 valence electrons. The number of aryl methyl sites for hydroxylation is 1. The number of hydrogen-bond acceptors (Lipinski definition) is 3. The first kappa shape index (κ1) is 22.1. The summed E-state index contributed by atoms with van der Waals surface area (Å²) >= 11 is 0. The van der Waals surface area contributed by atoms with Gasteiger partial charge in [-0.25, -0.2) is 9.37 Å². The van der Waals surface area contributed by atoms with Crippen LogP contribution in [0, 0.1) is 25.6 Å². The van der Waals surface area contributed by atoms with Crippen LogP contribution in [0.25, 0.3) is 11.0 Å². The summed E-state index contributed by atoms with van der Waals surface area (Å²) in [6.07, 6.45) is 1.53. The van der Waals surface area contributed by atoms with Crippen molar-refractivity contribution in [3.63, 3.8) is 0 Å². The zero-order chi connectivity index (χ0) is 23.7. The molecule has 1 fully saturated rings. The van der Waals surface area contributed by atoms with Crippen molar-refractivity contribution in [2.75, 3.05) is 23.3 Å². The largest absolute Gasteiger partial charge is 0.342 e. The molecule has 0 atom stereocenters. The van der Waals surface area contributed by atoms with Gasteiger partial charge in [0.2, 0.25) is 11.9 Å². The van der Waals surface area contributed by atoms with Crippen LogP contribution in [0.2, 0.25) is 0 Å². The number of hydrogen-bond donors (Lipinski definition) is 1. The highest BCUT2D eigenvalue weighted by atomic mass is 19.1. The van der Waals surface area contributed by atoms with E-state index in [0.717, 1.165) is 59.7 Å². The van der Waals surface area contributed by atoms with Gasteiger partial charge in [0.1, 0.15) is 5.82 Å². The van der Waals surface area contributed by atoms with Crippen molar-refractivity contribution in [2.24, 2.45) is 5.92 Å². The molecule has 0 radical (unpaired) electrons. The number of nitrogens with one attached hydrogen (secondary N) is 1. The number of anilines is 2. The SMILES string of the molecule is Cc1cccc(NC(=O)C2CCN(c3nc4ccccc4n3Cc3cccc(F)c3)CC2)c1C. The second-order valence-corrected chi connectivity index (χ2v) is 9.11. The average molecular weight is 457 g/mol. The van der Waals surface area contributed by atoms with Gasteiger partial charge in [-0.15, -0.1) is 0 Å². The van der Waals surface area contributed by atoms with Crippen molar-refractivity contribution in [2.45, 2.75) is 33.2 Å². The molecule has 3 aromatic carbocycles. The van der Waals surface area contributed by atoms with Crippen LogP contribution in [0.5, 0.6) is 0 Å². The van der Waals surface area contributed by atoms with Gasteiger partial charge in [-0.3, -0.25) is 4.79 Å². The average Bonchev–Trinajstić information content (AvgIpc) is 3.20. The van der Waals surface area contributed by atoms with E-state index in [-0.39, 0.29) is 17.6 Å². The predicted molar refractivity (Wildman–Crippen MR) is 135 cm³/mol. The lowest BCUT2D eigenvalue weighted by Gasteiger charge is -2.32. The molecule has 1 saturated heterocycles. The molecule has 0 saturated carbocycles. The molecule has 0 bridgehead atoms. The van der Waals surface area contributed by atoms with E-state index in [1.165, 1.54) is 11.6 Å². The van der Waals surface area contributed by atoms with Gasteiger partial charge in [0.15, 0.2) is 0 Å². The van der Waals surface area contributed by atoms with Crippen molar-refractivity contribution in [1.29, 1.82) is 0 Å². The number of amides is 1. The lowest BCUT2D eigenvalue weighted by molar-refractivity contribution is -0.120.